The van der Waals surface area contributed by atoms with Crippen LogP contribution in [0.15, 0.2) is 36.7 Å². The summed E-state index contributed by atoms with van der Waals surface area (Å²) in [5.74, 6) is 0.862. The van der Waals surface area contributed by atoms with Gasteiger partial charge in [-0.3, -0.25) is 9.78 Å². The maximum absolute atomic E-state index is 13.2. The number of hydrogen-bond acceptors (Lipinski definition) is 4. The van der Waals surface area contributed by atoms with E-state index in [-0.39, 0.29) is 5.91 Å². The first-order valence-corrected chi connectivity index (χ1v) is 9.46. The smallest absolute Gasteiger partial charge is 0.268 e. The highest BCUT2D eigenvalue weighted by Gasteiger charge is 2.41. The zero-order chi connectivity index (χ0) is 20.1. The Balaban J connectivity index is 1.68. The van der Waals surface area contributed by atoms with Crippen molar-refractivity contribution < 1.29 is 14.6 Å². The molecule has 5 heteroatoms. The van der Waals surface area contributed by atoms with Crippen molar-refractivity contribution >= 4 is 22.4 Å². The number of phenolic OH excluding ortho intramolecular Hbond substituents is 1. The molecule has 1 aliphatic heterocycles. The van der Waals surface area contributed by atoms with Crippen molar-refractivity contribution in [3.8, 4) is 11.5 Å². The largest absolute Gasteiger partial charge is 0.507 e. The number of pyridine rings is 1. The molecule has 0 bridgehead atoms. The molecule has 1 amide bonds. The predicted octanol–water partition coefficient (Wildman–Crippen LogP) is 4.59. The monoisotopic (exact) mass is 376 g/mol. The second-order valence-corrected chi connectivity index (χ2v) is 7.72. The Morgan fingerprint density at radius 2 is 1.96 bits per heavy atom. The van der Waals surface area contributed by atoms with Gasteiger partial charge < -0.3 is 15.2 Å². The number of ether oxygens (including phenoxy) is 1. The summed E-state index contributed by atoms with van der Waals surface area (Å²) in [5, 5.41) is 15.3. The van der Waals surface area contributed by atoms with Crippen LogP contribution in [0.25, 0.3) is 10.8 Å². The van der Waals surface area contributed by atoms with Crippen molar-refractivity contribution in [2.24, 2.45) is 0 Å². The number of carbonyl (C=O) groups excluding carboxylic acids is 1. The third-order valence-electron chi connectivity index (χ3n) is 5.93. The normalized spacial score (nSPS) is 18.4. The van der Waals surface area contributed by atoms with E-state index in [9.17, 15) is 9.90 Å². The van der Waals surface area contributed by atoms with Crippen molar-refractivity contribution in [1.82, 2.24) is 4.98 Å². The predicted molar refractivity (Wildman–Crippen MR) is 110 cm³/mol. The minimum Gasteiger partial charge on any atom is -0.507 e. The molecule has 3 aromatic rings. The highest BCUT2D eigenvalue weighted by Crippen LogP contribution is 2.43. The minimum atomic E-state index is -0.983. The molecule has 1 atom stereocenters. The summed E-state index contributed by atoms with van der Waals surface area (Å²) in [4.78, 5) is 17.3. The summed E-state index contributed by atoms with van der Waals surface area (Å²) in [5.41, 5.74) is 3.26. The van der Waals surface area contributed by atoms with E-state index in [4.69, 9.17) is 4.74 Å². The van der Waals surface area contributed by atoms with Crippen LogP contribution in [0, 0.1) is 20.8 Å². The summed E-state index contributed by atoms with van der Waals surface area (Å²) in [6.07, 6.45) is 4.72. The van der Waals surface area contributed by atoms with Gasteiger partial charge in [0.15, 0.2) is 5.60 Å². The molecule has 144 valence electrons. The van der Waals surface area contributed by atoms with Crippen LogP contribution in [-0.4, -0.2) is 21.6 Å². The molecule has 2 N–H and O–H groups in total. The number of hydrogen-bond donors (Lipinski definition) is 2. The molecule has 0 aliphatic carbocycles. The van der Waals surface area contributed by atoms with Gasteiger partial charge in [0.1, 0.15) is 11.5 Å². The molecule has 2 heterocycles. The third-order valence-corrected chi connectivity index (χ3v) is 5.93. The van der Waals surface area contributed by atoms with Crippen LogP contribution in [-0.2, 0) is 11.2 Å². The van der Waals surface area contributed by atoms with E-state index >= 15 is 0 Å². The lowest BCUT2D eigenvalue weighted by Gasteiger charge is -2.36. The number of nitrogens with one attached hydrogen (secondary N) is 1. The topological polar surface area (TPSA) is 71.5 Å². The molecular formula is C23H24N2O3. The van der Waals surface area contributed by atoms with Gasteiger partial charge in [0.05, 0.1) is 0 Å². The SMILES string of the molecule is Cc1c(C)c2c(c(C)c1O)CCC(C)(C(=O)Nc1cccc3cnccc13)O2. The molecule has 2 aromatic carbocycles. The van der Waals surface area contributed by atoms with Gasteiger partial charge in [-0.1, -0.05) is 12.1 Å². The van der Waals surface area contributed by atoms with Crippen molar-refractivity contribution in [2.45, 2.75) is 46.1 Å². The molecular weight excluding hydrogens is 352 g/mol. The molecule has 1 aliphatic rings. The Kier molecular flexibility index (Phi) is 4.26. The average Bonchev–Trinajstić information content (AvgIpc) is 2.71. The van der Waals surface area contributed by atoms with E-state index < -0.39 is 5.60 Å². The van der Waals surface area contributed by atoms with E-state index in [0.29, 0.717) is 18.6 Å². The highest BCUT2D eigenvalue weighted by atomic mass is 16.5. The molecule has 1 aromatic heterocycles. The molecule has 0 saturated heterocycles. The number of aromatic nitrogens is 1. The van der Waals surface area contributed by atoms with E-state index in [2.05, 4.69) is 10.3 Å². The molecule has 0 saturated carbocycles. The number of benzene rings is 2. The third kappa shape index (κ3) is 2.78. The van der Waals surface area contributed by atoms with E-state index in [1.54, 1.807) is 12.4 Å². The minimum absolute atomic E-state index is 0.176. The van der Waals surface area contributed by atoms with E-state index in [0.717, 1.165) is 44.5 Å². The Labute approximate surface area is 164 Å². The molecule has 4 rings (SSSR count). The zero-order valence-electron chi connectivity index (χ0n) is 16.6. The number of amides is 1. The van der Waals surface area contributed by atoms with Gasteiger partial charge in [0, 0.05) is 40.8 Å². The van der Waals surface area contributed by atoms with Gasteiger partial charge in [0.2, 0.25) is 0 Å². The standard InChI is InChI=1S/C23H24N2O3/c1-13-14(2)21-17(15(3)20(13)26)8-10-23(4,28-21)22(27)25-19-7-5-6-16-12-24-11-9-18(16)19/h5-7,9,11-12,26H,8,10H2,1-4H3,(H,25,27). The molecule has 5 nitrogen and oxygen atoms in total. The number of phenols is 1. The van der Waals surface area contributed by atoms with Crippen molar-refractivity contribution in [3.05, 3.63) is 58.9 Å². The van der Waals surface area contributed by atoms with Gasteiger partial charge in [-0.25, -0.2) is 0 Å². The first kappa shape index (κ1) is 18.3. The lowest BCUT2D eigenvalue weighted by Crippen LogP contribution is -2.48. The lowest BCUT2D eigenvalue weighted by molar-refractivity contribution is -0.131. The quantitative estimate of drug-likeness (QED) is 0.686. The van der Waals surface area contributed by atoms with Crippen molar-refractivity contribution in [3.63, 3.8) is 0 Å². The van der Waals surface area contributed by atoms with Crippen LogP contribution >= 0.6 is 0 Å². The number of fused-ring (bicyclic) bond motifs is 2. The summed E-state index contributed by atoms with van der Waals surface area (Å²) >= 11 is 0. The number of rotatable bonds is 2. The van der Waals surface area contributed by atoms with Crippen LogP contribution < -0.4 is 10.1 Å². The molecule has 1 unspecified atom stereocenters. The maximum Gasteiger partial charge on any atom is 0.268 e. The molecule has 28 heavy (non-hydrogen) atoms. The maximum atomic E-state index is 13.2. The molecule has 0 fully saturated rings. The first-order chi connectivity index (χ1) is 13.3. The summed E-state index contributed by atoms with van der Waals surface area (Å²) in [6.45, 7) is 7.53. The van der Waals surface area contributed by atoms with Crippen molar-refractivity contribution in [2.75, 3.05) is 5.32 Å². The Bertz CT molecular complexity index is 1100. The van der Waals surface area contributed by atoms with Crippen LogP contribution in [0.4, 0.5) is 5.69 Å². The fraction of sp³-hybridized carbons (Fsp3) is 0.304. The van der Waals surface area contributed by atoms with Crippen LogP contribution in [0.2, 0.25) is 0 Å². The zero-order valence-corrected chi connectivity index (χ0v) is 16.6. The lowest BCUT2D eigenvalue weighted by atomic mass is 9.86. The van der Waals surface area contributed by atoms with E-state index in [1.807, 2.05) is 52.0 Å². The van der Waals surface area contributed by atoms with Gasteiger partial charge in [-0.15, -0.1) is 0 Å². The molecule has 0 spiro atoms. The Morgan fingerprint density at radius 3 is 2.75 bits per heavy atom. The van der Waals surface area contributed by atoms with Gasteiger partial charge in [-0.05, 0) is 62.9 Å². The number of nitrogens with zero attached hydrogens (tertiary/aromatic N) is 1. The summed E-state index contributed by atoms with van der Waals surface area (Å²) < 4.78 is 6.28. The number of aromatic hydroxyl groups is 1. The average molecular weight is 376 g/mol. The highest BCUT2D eigenvalue weighted by molar-refractivity contribution is 6.04. The van der Waals surface area contributed by atoms with Crippen molar-refractivity contribution in [1.29, 1.82) is 0 Å². The Hall–Kier alpha value is -3.08. The molecule has 0 radical (unpaired) electrons. The van der Waals surface area contributed by atoms with E-state index in [1.165, 1.54) is 0 Å². The first-order valence-electron chi connectivity index (χ1n) is 9.46. The number of anilines is 1. The van der Waals surface area contributed by atoms with Gasteiger partial charge >= 0.3 is 0 Å². The Morgan fingerprint density at radius 1 is 1.18 bits per heavy atom. The summed E-state index contributed by atoms with van der Waals surface area (Å²) in [7, 11) is 0. The number of carbonyl (C=O) groups is 1. The van der Waals surface area contributed by atoms with Crippen LogP contribution in [0.1, 0.15) is 35.6 Å². The fourth-order valence-corrected chi connectivity index (χ4v) is 3.89. The fourth-order valence-electron chi connectivity index (χ4n) is 3.89. The second-order valence-electron chi connectivity index (χ2n) is 7.72. The van der Waals surface area contributed by atoms with Crippen LogP contribution in [0.5, 0.6) is 11.5 Å². The summed E-state index contributed by atoms with van der Waals surface area (Å²) in [6, 6.07) is 7.65. The van der Waals surface area contributed by atoms with Gasteiger partial charge in [-0.2, -0.15) is 0 Å². The van der Waals surface area contributed by atoms with Gasteiger partial charge in [0.25, 0.3) is 5.91 Å². The second kappa shape index (κ2) is 6.51. The van der Waals surface area contributed by atoms with Crippen LogP contribution in [0.3, 0.4) is 0 Å².